The fourth-order valence-corrected chi connectivity index (χ4v) is 9.82. The van der Waals surface area contributed by atoms with Gasteiger partial charge >= 0.3 is 5.97 Å². The summed E-state index contributed by atoms with van der Waals surface area (Å²) in [6, 6.07) is 1.32. The van der Waals surface area contributed by atoms with Gasteiger partial charge in [-0.2, -0.15) is 0 Å². The van der Waals surface area contributed by atoms with Crippen LogP contribution in [0.25, 0.3) is 0 Å². The zero-order valence-corrected chi connectivity index (χ0v) is 23.6. The average Bonchev–Trinajstić information content (AvgIpc) is 3.44. The molecule has 2 bridgehead atoms. The van der Waals surface area contributed by atoms with Crippen LogP contribution in [-0.2, 0) is 14.3 Å². The number of aliphatic hydroxyl groups excluding tert-OH is 1. The van der Waals surface area contributed by atoms with Gasteiger partial charge in [0.15, 0.2) is 0 Å². The minimum absolute atomic E-state index is 0.00413. The number of hydrogen-bond donors (Lipinski definition) is 2. The first-order valence-corrected chi connectivity index (χ1v) is 15.5. The van der Waals surface area contributed by atoms with Crippen LogP contribution in [0, 0.1) is 34.0 Å². The molecule has 0 radical (unpaired) electrons. The van der Waals surface area contributed by atoms with Gasteiger partial charge in [0.05, 0.1) is 11.9 Å². The Bertz CT molecular complexity index is 890. The van der Waals surface area contributed by atoms with E-state index >= 15 is 0 Å². The number of ether oxygens (including phenoxy) is 1. The SMILES string of the molecule is C=C[C@]1(C)C[C@@H](OC(=O)CSC2CCC(NC3CC3)C2)[C@]2(C)[C@H](C)CCC3(CCC(=O)[C@H]32)[C@@H](C)[C@@H]1O. The van der Waals surface area contributed by atoms with Gasteiger partial charge in [-0.1, -0.05) is 33.8 Å². The average molecular weight is 518 g/mol. The quantitative estimate of drug-likeness (QED) is 0.353. The molecule has 0 aromatic rings. The third kappa shape index (κ3) is 4.41. The molecule has 5 aliphatic rings. The highest BCUT2D eigenvalue weighted by Crippen LogP contribution is 2.68. The first-order valence-electron chi connectivity index (χ1n) is 14.4. The van der Waals surface area contributed by atoms with E-state index in [4.69, 9.17) is 4.74 Å². The zero-order chi connectivity index (χ0) is 25.9. The van der Waals surface area contributed by atoms with Crippen molar-refractivity contribution in [3.05, 3.63) is 12.7 Å². The van der Waals surface area contributed by atoms with Crippen LogP contribution < -0.4 is 5.32 Å². The lowest BCUT2D eigenvalue weighted by Crippen LogP contribution is -2.63. The van der Waals surface area contributed by atoms with E-state index in [0.29, 0.717) is 35.7 Å². The Morgan fingerprint density at radius 3 is 2.58 bits per heavy atom. The molecule has 5 nitrogen and oxygen atoms in total. The van der Waals surface area contributed by atoms with E-state index in [9.17, 15) is 14.7 Å². The molecule has 10 atom stereocenters. The minimum Gasteiger partial charge on any atom is -0.461 e. The van der Waals surface area contributed by atoms with E-state index in [1.54, 1.807) is 11.8 Å². The summed E-state index contributed by atoms with van der Waals surface area (Å²) < 4.78 is 6.39. The van der Waals surface area contributed by atoms with Crippen molar-refractivity contribution in [3.8, 4) is 0 Å². The third-order valence-electron chi connectivity index (χ3n) is 11.4. The Labute approximate surface area is 222 Å². The van der Waals surface area contributed by atoms with Crippen LogP contribution in [0.15, 0.2) is 12.7 Å². The van der Waals surface area contributed by atoms with Gasteiger partial charge in [-0.15, -0.1) is 18.3 Å². The van der Waals surface area contributed by atoms with Crippen molar-refractivity contribution in [2.75, 3.05) is 5.75 Å². The summed E-state index contributed by atoms with van der Waals surface area (Å²) in [5.74, 6) is 0.589. The predicted molar refractivity (Wildman–Crippen MR) is 145 cm³/mol. The Kier molecular flexibility index (Phi) is 7.22. The lowest BCUT2D eigenvalue weighted by atomic mass is 9.44. The number of Topliss-reactive ketones (excluding diaryl/α,β-unsaturated/α-hetero) is 1. The number of thioether (sulfide) groups is 1. The summed E-state index contributed by atoms with van der Waals surface area (Å²) in [6.07, 6.45) is 10.8. The second kappa shape index (κ2) is 9.72. The van der Waals surface area contributed by atoms with Crippen LogP contribution >= 0.6 is 11.8 Å². The standard InChI is InChI=1S/C30H47NO4S/c1-6-28(4)16-24(35-25(33)17-36-22-10-9-21(15-22)31-20-7-8-20)29(5)18(2)11-13-30(19(3)27(28)34)14-12-23(32)26(29)30/h6,18-22,24,26-27,31,34H,1,7-17H2,2-5H3/t18-,19+,21?,22?,24-,26+,27+,28-,29+,30?/m1/s1. The molecule has 2 N–H and O–H groups in total. The fraction of sp³-hybridized carbons (Fsp3) is 0.867. The molecule has 0 heterocycles. The summed E-state index contributed by atoms with van der Waals surface area (Å²) >= 11 is 1.74. The van der Waals surface area contributed by atoms with Crippen molar-refractivity contribution in [3.63, 3.8) is 0 Å². The molecular formula is C30H47NO4S. The van der Waals surface area contributed by atoms with Crippen LogP contribution in [0.4, 0.5) is 0 Å². The van der Waals surface area contributed by atoms with Gasteiger partial charge in [0.1, 0.15) is 11.9 Å². The van der Waals surface area contributed by atoms with Crippen LogP contribution in [0.3, 0.4) is 0 Å². The maximum absolute atomic E-state index is 13.5. The third-order valence-corrected chi connectivity index (χ3v) is 12.7. The molecule has 5 rings (SSSR count). The lowest BCUT2D eigenvalue weighted by Gasteiger charge is -2.61. The summed E-state index contributed by atoms with van der Waals surface area (Å²) in [5.41, 5.74) is -1.24. The summed E-state index contributed by atoms with van der Waals surface area (Å²) in [5, 5.41) is 15.9. The van der Waals surface area contributed by atoms with Crippen molar-refractivity contribution in [1.29, 1.82) is 0 Å². The van der Waals surface area contributed by atoms with Gasteiger partial charge in [-0.3, -0.25) is 9.59 Å². The molecule has 3 unspecified atom stereocenters. The fourth-order valence-electron chi connectivity index (χ4n) is 8.71. The molecule has 0 spiro atoms. The van der Waals surface area contributed by atoms with Crippen molar-refractivity contribution in [2.45, 2.75) is 121 Å². The second-order valence-corrected chi connectivity index (χ2v) is 14.7. The summed E-state index contributed by atoms with van der Waals surface area (Å²) in [7, 11) is 0. The molecule has 0 aliphatic heterocycles. The smallest absolute Gasteiger partial charge is 0.316 e. The van der Waals surface area contributed by atoms with E-state index < -0.39 is 23.0 Å². The van der Waals surface area contributed by atoms with E-state index in [0.717, 1.165) is 38.1 Å². The molecule has 0 amide bonds. The molecule has 6 heteroatoms. The van der Waals surface area contributed by atoms with E-state index in [1.165, 1.54) is 19.3 Å². The number of aliphatic hydroxyl groups is 1. The van der Waals surface area contributed by atoms with Crippen LogP contribution in [0.1, 0.15) is 91.9 Å². The normalized spacial score (nSPS) is 48.7. The van der Waals surface area contributed by atoms with Crippen LogP contribution in [-0.4, -0.2) is 52.2 Å². The van der Waals surface area contributed by atoms with Gasteiger partial charge in [0, 0.05) is 40.5 Å². The number of nitrogens with one attached hydrogen (secondary N) is 1. The Hall–Kier alpha value is -0.850. The van der Waals surface area contributed by atoms with Gasteiger partial charge in [-0.05, 0) is 75.0 Å². The highest BCUT2D eigenvalue weighted by atomic mass is 32.2. The number of carbonyl (C=O) groups is 2. The van der Waals surface area contributed by atoms with Crippen LogP contribution in [0.5, 0.6) is 0 Å². The number of ketones is 1. The van der Waals surface area contributed by atoms with E-state index in [2.05, 4.69) is 39.6 Å². The van der Waals surface area contributed by atoms with Crippen LogP contribution in [0.2, 0.25) is 0 Å². The minimum atomic E-state index is -0.619. The maximum atomic E-state index is 13.5. The van der Waals surface area contributed by atoms with Gasteiger partial charge < -0.3 is 15.2 Å². The maximum Gasteiger partial charge on any atom is 0.316 e. The molecule has 5 aliphatic carbocycles. The molecule has 36 heavy (non-hydrogen) atoms. The molecular weight excluding hydrogens is 470 g/mol. The summed E-state index contributed by atoms with van der Waals surface area (Å²) in [4.78, 5) is 26.8. The van der Waals surface area contributed by atoms with Gasteiger partial charge in [-0.25, -0.2) is 0 Å². The molecule has 5 saturated carbocycles. The number of rotatable bonds is 7. The second-order valence-electron chi connectivity index (χ2n) is 13.4. The van der Waals surface area contributed by atoms with E-state index in [1.807, 2.05) is 6.08 Å². The first-order chi connectivity index (χ1) is 17.0. The topological polar surface area (TPSA) is 75.6 Å². The number of esters is 1. The lowest BCUT2D eigenvalue weighted by molar-refractivity contribution is -0.205. The van der Waals surface area contributed by atoms with Crippen molar-refractivity contribution < 1.29 is 19.4 Å². The largest absolute Gasteiger partial charge is 0.461 e. The molecule has 5 fully saturated rings. The van der Waals surface area contributed by atoms with E-state index in [-0.39, 0.29) is 29.1 Å². The zero-order valence-electron chi connectivity index (χ0n) is 22.8. The highest BCUT2D eigenvalue weighted by molar-refractivity contribution is 8.00. The van der Waals surface area contributed by atoms with Gasteiger partial charge in [0.25, 0.3) is 0 Å². The Morgan fingerprint density at radius 1 is 1.17 bits per heavy atom. The summed E-state index contributed by atoms with van der Waals surface area (Å²) in [6.45, 7) is 12.8. The Morgan fingerprint density at radius 2 is 1.89 bits per heavy atom. The number of hydrogen-bond acceptors (Lipinski definition) is 6. The highest BCUT2D eigenvalue weighted by Gasteiger charge is 2.68. The van der Waals surface area contributed by atoms with Crippen molar-refractivity contribution >= 4 is 23.5 Å². The molecule has 202 valence electrons. The first kappa shape index (κ1) is 26.7. The Balaban J connectivity index is 1.35. The van der Waals surface area contributed by atoms with Crippen molar-refractivity contribution in [1.82, 2.24) is 5.32 Å². The molecule has 0 aromatic heterocycles. The van der Waals surface area contributed by atoms with Crippen molar-refractivity contribution in [2.24, 2.45) is 34.0 Å². The predicted octanol–water partition coefficient (Wildman–Crippen LogP) is 5.30. The molecule has 0 aromatic carbocycles. The molecule has 0 saturated heterocycles. The number of carbonyl (C=O) groups excluding carboxylic acids is 2. The monoisotopic (exact) mass is 517 g/mol. The van der Waals surface area contributed by atoms with Gasteiger partial charge in [0.2, 0.25) is 0 Å².